The van der Waals surface area contributed by atoms with E-state index in [1.165, 1.54) is 62.3 Å². The number of benzene rings is 2. The van der Waals surface area contributed by atoms with Gasteiger partial charge in [0.15, 0.2) is 0 Å². The normalized spacial score (nSPS) is 16.3. The molecule has 0 saturated carbocycles. The van der Waals surface area contributed by atoms with Crippen LogP contribution in [0.5, 0.6) is 0 Å². The zero-order chi connectivity index (χ0) is 65.5. The number of esters is 2. The molecule has 2 aromatic carbocycles. The van der Waals surface area contributed by atoms with Crippen LogP contribution in [-0.2, 0) is 182 Å². The van der Waals surface area contributed by atoms with Gasteiger partial charge in [-0.2, -0.15) is 28.8 Å². The molecule has 1 fully saturated rings. The van der Waals surface area contributed by atoms with Crippen LogP contribution in [0.1, 0.15) is 79.3 Å². The van der Waals surface area contributed by atoms with E-state index in [-0.39, 0.29) is 29.8 Å². The van der Waals surface area contributed by atoms with E-state index in [0.717, 1.165) is 40.7 Å². The third kappa shape index (κ3) is 18.7. The van der Waals surface area contributed by atoms with Crippen molar-refractivity contribution in [1.82, 2.24) is 10.3 Å². The SMILES string of the molecule is COC(=O)C1=C(C)NC(N)=C(C#N)C1c1cccc([N+](=O)[O-])c1.COC(=O)C1=C(C)Nc2nc3c(c(N)c2C1c1cccc([N+](=O)[O-])c1)CSC3.O=C1CCSC1.S=S=S=S=S=S=S=S=S=S=S=S=S=S=S=S.[2HH].[2H][2H].[2H][2H].[2H][2H].[2H][2H].[2H][2H].[2H][2H]. The number of aromatic nitrogens is 1. The number of ether oxygens (including phenoxy) is 2. The van der Waals surface area contributed by atoms with Gasteiger partial charge in [-0.15, -0.1) is 0 Å². The van der Waals surface area contributed by atoms with E-state index >= 15 is 0 Å². The number of allylic oxidation sites excluding steroid dienone is 3. The molecule has 4 aliphatic rings. The summed E-state index contributed by atoms with van der Waals surface area (Å²) in [7, 11) is 26.1. The minimum Gasteiger partial charge on any atom is -0.466 e. The molecule has 5 heterocycles. The number of nitro benzene ring substituents is 2. The zero-order valence-electron chi connectivity index (χ0n) is 49.8. The summed E-state index contributed by atoms with van der Waals surface area (Å²) >= 11 is 12.9. The molecular formula is C38H52N8O9S18. The summed E-state index contributed by atoms with van der Waals surface area (Å²) in [6, 6.07) is 13.9. The third-order valence-electron chi connectivity index (χ3n) is 9.74. The number of nitrogens with zero attached hydrogens (tertiary/aromatic N) is 4. The number of ketones is 1. The lowest BCUT2D eigenvalue weighted by Crippen LogP contribution is -2.32. The van der Waals surface area contributed by atoms with Crippen LogP contribution in [-0.4, -0.2) is 58.3 Å². The number of anilines is 2. The predicted molar refractivity (Wildman–Crippen MR) is 347 cm³/mol. The molecule has 73 heavy (non-hydrogen) atoms. The third-order valence-corrected chi connectivity index (χ3v) is 40.6. The van der Waals surface area contributed by atoms with Gasteiger partial charge in [0.05, 0.1) is 64.2 Å². The van der Waals surface area contributed by atoms with Gasteiger partial charge in [0.1, 0.15) is 17.4 Å². The highest BCUT2D eigenvalue weighted by molar-refractivity contribution is 8.77. The number of carbonyl (C=O) groups is 3. The maximum Gasteiger partial charge on any atom is 0.336 e. The lowest BCUT2D eigenvalue weighted by Gasteiger charge is -2.31. The van der Waals surface area contributed by atoms with Gasteiger partial charge in [-0.25, -0.2) is 14.6 Å². The molecule has 0 aliphatic carbocycles. The molecule has 2 atom stereocenters. The smallest absolute Gasteiger partial charge is 0.336 e. The number of nitrogens with two attached hydrogens (primary N) is 2. The molecule has 17 nitrogen and oxygen atoms in total. The Labute approximate surface area is 497 Å². The number of non-ortho nitro benzene ring substituents is 2. The highest BCUT2D eigenvalue weighted by Gasteiger charge is 2.38. The van der Waals surface area contributed by atoms with E-state index in [9.17, 15) is 39.9 Å². The van der Waals surface area contributed by atoms with Gasteiger partial charge in [0, 0.05) is 248 Å². The average Bonchev–Trinajstić information content (AvgIpc) is 1.14. The fourth-order valence-corrected chi connectivity index (χ4v) is 41.7. The van der Waals surface area contributed by atoms with E-state index in [1.54, 1.807) is 162 Å². The summed E-state index contributed by atoms with van der Waals surface area (Å²) in [5.74, 6) is 1.88. The Kier molecular flexibility index (Phi) is 24.4. The Morgan fingerprint density at radius 1 is 0.781 bits per heavy atom. The van der Waals surface area contributed by atoms with Crippen LogP contribution in [0.25, 0.3) is 0 Å². The van der Waals surface area contributed by atoms with Gasteiger partial charge < -0.3 is 31.6 Å². The number of nitro groups is 2. The number of nitrogen functional groups attached to an aromatic ring is 1. The number of pyridine rings is 1. The minimum absolute atomic E-state index is 0. The molecule has 0 spiro atoms. The van der Waals surface area contributed by atoms with Crippen molar-refractivity contribution in [3.63, 3.8) is 0 Å². The lowest BCUT2D eigenvalue weighted by molar-refractivity contribution is -0.385. The molecule has 35 heteroatoms. The summed E-state index contributed by atoms with van der Waals surface area (Å²) < 4.78 is 69.8. The van der Waals surface area contributed by atoms with Gasteiger partial charge in [0.25, 0.3) is 11.4 Å². The number of methoxy groups -OCH3 is 2. The van der Waals surface area contributed by atoms with E-state index in [4.69, 9.17) is 66.1 Å². The standard InChI is InChI=1S/C19H18N4O4S.C15H14N4O4.C4H6OS.S16.7H2/c1-9-14(19(24)27-2)15(10-4-3-5-11(6-10)23(25)26)16-17(20)12-7-28-8-13(12)22-18(16)21-9;1-8-12(15(20)23-2)13(11(7-16)14(17)18-8)9-4-3-5-10(6-9)19(21)22;5-4-1-2-6-3-4;1-3-5-7-9-11-13-15-16-14-12-10-8-6-4-2;;;;;;;/h3-6,15H,7-8H2,1-2H3,(H3,20,21,22);3-6,13,18H,17H2,1-2H3;1-3H2;;7*1H/i;;;;6*1+1D;1+1. The van der Waals surface area contributed by atoms with Crippen molar-refractivity contribution in [2.45, 2.75) is 43.6 Å². The second kappa shape index (κ2) is 33.3. The Morgan fingerprint density at radius 2 is 1.26 bits per heavy atom. The van der Waals surface area contributed by atoms with Crippen molar-refractivity contribution in [3.05, 3.63) is 131 Å². The summed E-state index contributed by atoms with van der Waals surface area (Å²) in [6.45, 7) is 3.39. The number of hydrogen-bond donors (Lipinski definition) is 4. The Hall–Kier alpha value is -2.87. The predicted octanol–water partition coefficient (Wildman–Crippen LogP) is 7.12. The molecule has 406 valence electrons. The Balaban J connectivity index is -0.000000523. The molecule has 1 saturated heterocycles. The topological polar surface area (TPSA) is 269 Å². The van der Waals surface area contributed by atoms with Crippen molar-refractivity contribution in [2.75, 3.05) is 36.8 Å². The number of Topliss-reactive ketones (excluding diaryl/α,β-unsaturated/α-hetero) is 1. The average molecular weight is 1360 g/mol. The first-order valence-corrected chi connectivity index (χ1v) is 42.0. The van der Waals surface area contributed by atoms with Crippen LogP contribution in [0, 0.1) is 31.6 Å². The quantitative estimate of drug-likeness (QED) is 0.109. The second-order valence-electron chi connectivity index (χ2n) is 13.8. The number of nitrogens with one attached hydrogen (secondary N) is 2. The molecule has 0 radical (unpaired) electrons. The molecular weight excluding hydrogens is 1290 g/mol. The van der Waals surface area contributed by atoms with Crippen molar-refractivity contribution >= 4 is 211 Å². The van der Waals surface area contributed by atoms with Crippen LogP contribution in [0.4, 0.5) is 22.9 Å². The van der Waals surface area contributed by atoms with Crippen molar-refractivity contribution in [3.8, 4) is 6.07 Å². The lowest BCUT2D eigenvalue weighted by atomic mass is 9.80. The maximum absolute atomic E-state index is 12.6. The molecule has 4 aliphatic heterocycles. The molecule has 7 rings (SSSR count). The molecule has 6 N–H and O–H groups in total. The van der Waals surface area contributed by atoms with Crippen LogP contribution in [0.15, 0.2) is 82.5 Å². The highest BCUT2D eigenvalue weighted by Crippen LogP contribution is 2.48. The molecule has 0 amide bonds. The first kappa shape index (κ1) is 53.5. The number of dihydropyridines is 1. The summed E-state index contributed by atoms with van der Waals surface area (Å²) in [4.78, 5) is 60.9. The number of hydrogen-bond acceptors (Lipinski definition) is 19. The van der Waals surface area contributed by atoms with Gasteiger partial charge in [-0.05, 0) is 25.0 Å². The molecule has 2 unspecified atom stereocenters. The van der Waals surface area contributed by atoms with E-state index in [0.29, 0.717) is 50.9 Å². The monoisotopic (exact) mass is 1350 g/mol. The number of rotatable bonds is 6. The Bertz CT molecular complexity index is 3510. The zero-order valence-corrected chi connectivity index (χ0v) is 52.5. The van der Waals surface area contributed by atoms with Crippen LogP contribution < -0.4 is 22.1 Å². The summed E-state index contributed by atoms with van der Waals surface area (Å²) in [5.41, 5.74) is 18.0. The Morgan fingerprint density at radius 3 is 1.68 bits per heavy atom. The van der Waals surface area contributed by atoms with Gasteiger partial charge in [-0.1, -0.05) is 24.3 Å². The number of thioether (sulfide) groups is 2. The van der Waals surface area contributed by atoms with Crippen LogP contribution in [0.3, 0.4) is 0 Å². The summed E-state index contributed by atoms with van der Waals surface area (Å²) in [6.07, 6.45) is 0.810. The maximum atomic E-state index is 12.6. The largest absolute Gasteiger partial charge is 0.466 e. The summed E-state index contributed by atoms with van der Waals surface area (Å²) in [5, 5.41) is 37.6. The molecule has 3 aromatic rings. The number of nitriles is 1. The molecule has 0 bridgehead atoms. The van der Waals surface area contributed by atoms with Crippen molar-refractivity contribution in [2.24, 2.45) is 5.73 Å². The van der Waals surface area contributed by atoms with Gasteiger partial charge in [-0.3, -0.25) is 25.0 Å². The van der Waals surface area contributed by atoms with Gasteiger partial charge >= 0.3 is 11.9 Å². The number of fused-ring (bicyclic) bond motifs is 2. The van der Waals surface area contributed by atoms with Crippen LogP contribution >= 0.6 is 23.5 Å². The van der Waals surface area contributed by atoms with Crippen molar-refractivity contribution in [1.29, 1.82) is 5.26 Å². The van der Waals surface area contributed by atoms with Gasteiger partial charge in [0.2, 0.25) is 0 Å². The van der Waals surface area contributed by atoms with E-state index in [1.807, 2.05) is 6.07 Å². The molecule has 1 aromatic heterocycles. The van der Waals surface area contributed by atoms with E-state index in [2.05, 4.69) is 10.6 Å². The number of carbonyl (C=O) groups excluding carboxylic acids is 3. The minimum atomic E-state index is -0.825. The van der Waals surface area contributed by atoms with E-state index < -0.39 is 33.6 Å². The fraction of sp³-hybridized carbons (Fsp3) is 0.289. The first-order chi connectivity index (χ1) is 41.1. The van der Waals surface area contributed by atoms with Crippen molar-refractivity contribution < 1.29 is 52.9 Å². The fourth-order valence-electron chi connectivity index (χ4n) is 6.85. The highest BCUT2D eigenvalue weighted by atomic mass is 33.5. The first-order valence-electron chi connectivity index (χ1n) is 25.7. The van der Waals surface area contributed by atoms with Crippen LogP contribution in [0.2, 0.25) is 0 Å². The second-order valence-corrected chi connectivity index (χ2v) is 40.7.